The van der Waals surface area contributed by atoms with E-state index >= 15 is 0 Å². The first kappa shape index (κ1) is 13.6. The number of rotatable bonds is 6. The molecule has 0 bridgehead atoms. The van der Waals surface area contributed by atoms with Gasteiger partial charge in [-0.3, -0.25) is 9.58 Å². The predicted octanol–water partition coefficient (Wildman–Crippen LogP) is 2.35. The van der Waals surface area contributed by atoms with Crippen molar-refractivity contribution in [3.8, 4) is 0 Å². The maximum Gasteiger partial charge on any atom is 0.0534 e. The summed E-state index contributed by atoms with van der Waals surface area (Å²) >= 11 is 0. The Morgan fingerprint density at radius 1 is 1.32 bits per heavy atom. The van der Waals surface area contributed by atoms with Crippen LogP contribution in [0, 0.1) is 0 Å². The second-order valence-electron chi connectivity index (χ2n) is 5.03. The van der Waals surface area contributed by atoms with Gasteiger partial charge in [0.25, 0.3) is 0 Å². The van der Waals surface area contributed by atoms with Gasteiger partial charge in [-0.2, -0.15) is 5.10 Å². The maximum absolute atomic E-state index is 4.20. The molecular weight excluding hydrogens is 236 g/mol. The molecule has 0 fully saturated rings. The fourth-order valence-corrected chi connectivity index (χ4v) is 1.97. The minimum atomic E-state index is 0.459. The van der Waals surface area contributed by atoms with Crippen molar-refractivity contribution in [1.82, 2.24) is 14.7 Å². The van der Waals surface area contributed by atoms with Crippen molar-refractivity contribution in [3.05, 3.63) is 48.3 Å². The summed E-state index contributed by atoms with van der Waals surface area (Å²) in [4.78, 5) is 2.33. The number of benzene rings is 1. The zero-order valence-electron chi connectivity index (χ0n) is 11.9. The van der Waals surface area contributed by atoms with E-state index < -0.39 is 0 Å². The van der Waals surface area contributed by atoms with E-state index in [1.54, 1.807) is 0 Å². The molecule has 1 atom stereocenters. The van der Waals surface area contributed by atoms with Crippen molar-refractivity contribution in [2.45, 2.75) is 19.5 Å². The molecule has 1 N–H and O–H groups in total. The van der Waals surface area contributed by atoms with Crippen molar-refractivity contribution < 1.29 is 0 Å². The molecule has 0 saturated heterocycles. The molecule has 2 rings (SSSR count). The largest absolute Gasteiger partial charge is 0.383 e. The third-order valence-electron chi connectivity index (χ3n) is 3.32. The minimum Gasteiger partial charge on any atom is -0.383 e. The number of para-hydroxylation sites is 1. The Kier molecular flexibility index (Phi) is 4.58. The SMILES string of the molecule is CC(CNc1ccccc1)N(C)Cc1cnn(C)c1. The van der Waals surface area contributed by atoms with E-state index in [4.69, 9.17) is 0 Å². The monoisotopic (exact) mass is 258 g/mol. The Bertz CT molecular complexity index is 492. The van der Waals surface area contributed by atoms with Crippen molar-refractivity contribution in [2.75, 3.05) is 18.9 Å². The van der Waals surface area contributed by atoms with Crippen molar-refractivity contribution in [3.63, 3.8) is 0 Å². The number of hydrogen-bond acceptors (Lipinski definition) is 3. The molecule has 4 heteroatoms. The summed E-state index contributed by atoms with van der Waals surface area (Å²) in [5.74, 6) is 0. The van der Waals surface area contributed by atoms with E-state index in [1.807, 2.05) is 36.1 Å². The van der Waals surface area contributed by atoms with Crippen LogP contribution in [0.1, 0.15) is 12.5 Å². The number of aryl methyl sites for hydroxylation is 1. The molecule has 1 heterocycles. The summed E-state index contributed by atoms with van der Waals surface area (Å²) in [6.07, 6.45) is 3.99. The third kappa shape index (κ3) is 4.10. The molecule has 0 aliphatic rings. The number of anilines is 1. The Balaban J connectivity index is 1.80. The molecule has 0 amide bonds. The van der Waals surface area contributed by atoms with Crippen molar-refractivity contribution >= 4 is 5.69 Å². The Hall–Kier alpha value is -1.81. The molecule has 0 saturated carbocycles. The van der Waals surface area contributed by atoms with Crippen LogP contribution in [-0.4, -0.2) is 34.3 Å². The summed E-state index contributed by atoms with van der Waals surface area (Å²) < 4.78 is 1.84. The average molecular weight is 258 g/mol. The van der Waals surface area contributed by atoms with Gasteiger partial charge >= 0.3 is 0 Å². The molecule has 0 radical (unpaired) electrons. The molecule has 1 aromatic heterocycles. The van der Waals surface area contributed by atoms with Crippen LogP contribution in [0.4, 0.5) is 5.69 Å². The van der Waals surface area contributed by atoms with Crippen LogP contribution in [0.25, 0.3) is 0 Å². The average Bonchev–Trinajstić information content (AvgIpc) is 2.82. The predicted molar refractivity (Wildman–Crippen MR) is 79.1 cm³/mol. The highest BCUT2D eigenvalue weighted by atomic mass is 15.2. The van der Waals surface area contributed by atoms with Gasteiger partial charge in [0.15, 0.2) is 0 Å². The number of nitrogens with one attached hydrogen (secondary N) is 1. The summed E-state index contributed by atoms with van der Waals surface area (Å²) in [5.41, 5.74) is 2.42. The lowest BCUT2D eigenvalue weighted by Crippen LogP contribution is -2.34. The summed E-state index contributed by atoms with van der Waals surface area (Å²) in [7, 11) is 4.09. The highest BCUT2D eigenvalue weighted by molar-refractivity contribution is 5.42. The number of aromatic nitrogens is 2. The Morgan fingerprint density at radius 3 is 2.68 bits per heavy atom. The second kappa shape index (κ2) is 6.38. The molecule has 0 aliphatic heterocycles. The first-order chi connectivity index (χ1) is 9.15. The van der Waals surface area contributed by atoms with Crippen LogP contribution in [-0.2, 0) is 13.6 Å². The minimum absolute atomic E-state index is 0.459. The first-order valence-electron chi connectivity index (χ1n) is 6.62. The molecule has 1 aromatic carbocycles. The zero-order valence-corrected chi connectivity index (χ0v) is 11.9. The molecule has 0 spiro atoms. The van der Waals surface area contributed by atoms with E-state index in [0.717, 1.165) is 13.1 Å². The molecule has 0 aliphatic carbocycles. The lowest BCUT2D eigenvalue weighted by Gasteiger charge is -2.24. The van der Waals surface area contributed by atoms with Gasteiger partial charge in [-0.1, -0.05) is 18.2 Å². The van der Waals surface area contributed by atoms with E-state index in [9.17, 15) is 0 Å². The number of likely N-dealkylation sites (N-methyl/N-ethyl adjacent to an activating group) is 1. The number of nitrogens with zero attached hydrogens (tertiary/aromatic N) is 3. The quantitative estimate of drug-likeness (QED) is 0.863. The van der Waals surface area contributed by atoms with Crippen LogP contribution >= 0.6 is 0 Å². The van der Waals surface area contributed by atoms with E-state index in [-0.39, 0.29) is 0 Å². The molecule has 19 heavy (non-hydrogen) atoms. The van der Waals surface area contributed by atoms with Crippen molar-refractivity contribution in [1.29, 1.82) is 0 Å². The van der Waals surface area contributed by atoms with Crippen LogP contribution < -0.4 is 5.32 Å². The highest BCUT2D eigenvalue weighted by Gasteiger charge is 2.10. The van der Waals surface area contributed by atoms with Gasteiger partial charge in [0, 0.05) is 43.6 Å². The smallest absolute Gasteiger partial charge is 0.0534 e. The van der Waals surface area contributed by atoms with Crippen LogP contribution in [0.2, 0.25) is 0 Å². The molecule has 1 unspecified atom stereocenters. The Morgan fingerprint density at radius 2 is 2.05 bits per heavy atom. The van der Waals surface area contributed by atoms with Crippen molar-refractivity contribution in [2.24, 2.45) is 7.05 Å². The molecule has 102 valence electrons. The van der Waals surface area contributed by atoms with Gasteiger partial charge in [-0.15, -0.1) is 0 Å². The van der Waals surface area contributed by atoms with Crippen LogP contribution in [0.15, 0.2) is 42.7 Å². The Labute approximate surface area is 115 Å². The standard InChI is InChI=1S/C15H22N4/c1-13(9-16-15-7-5-4-6-8-15)18(2)11-14-10-17-19(3)12-14/h4-8,10,12-13,16H,9,11H2,1-3H3. The van der Waals surface area contributed by atoms with E-state index in [2.05, 4.69) is 47.6 Å². The van der Waals surface area contributed by atoms with Gasteiger partial charge in [0.2, 0.25) is 0 Å². The van der Waals surface area contributed by atoms with Gasteiger partial charge in [0.1, 0.15) is 0 Å². The lowest BCUT2D eigenvalue weighted by molar-refractivity contribution is 0.259. The molecule has 2 aromatic rings. The fraction of sp³-hybridized carbons (Fsp3) is 0.400. The van der Waals surface area contributed by atoms with E-state index in [0.29, 0.717) is 6.04 Å². The molecule has 4 nitrogen and oxygen atoms in total. The van der Waals surface area contributed by atoms with Gasteiger partial charge in [-0.25, -0.2) is 0 Å². The zero-order chi connectivity index (χ0) is 13.7. The molecular formula is C15H22N4. The van der Waals surface area contributed by atoms with Crippen LogP contribution in [0.5, 0.6) is 0 Å². The maximum atomic E-state index is 4.20. The fourth-order valence-electron chi connectivity index (χ4n) is 1.97. The van der Waals surface area contributed by atoms with Gasteiger partial charge in [0.05, 0.1) is 6.20 Å². The highest BCUT2D eigenvalue weighted by Crippen LogP contribution is 2.08. The summed E-state index contributed by atoms with van der Waals surface area (Å²) in [5, 5.41) is 7.65. The van der Waals surface area contributed by atoms with Gasteiger partial charge in [-0.05, 0) is 26.1 Å². The topological polar surface area (TPSA) is 33.1 Å². The van der Waals surface area contributed by atoms with Gasteiger partial charge < -0.3 is 5.32 Å². The van der Waals surface area contributed by atoms with E-state index in [1.165, 1.54) is 11.3 Å². The third-order valence-corrected chi connectivity index (χ3v) is 3.32. The normalized spacial score (nSPS) is 12.6. The second-order valence-corrected chi connectivity index (χ2v) is 5.03. The first-order valence-corrected chi connectivity index (χ1v) is 6.62. The summed E-state index contributed by atoms with van der Waals surface area (Å²) in [6.45, 7) is 4.08. The van der Waals surface area contributed by atoms with Crippen LogP contribution in [0.3, 0.4) is 0 Å². The lowest BCUT2D eigenvalue weighted by atomic mass is 10.2. The number of hydrogen-bond donors (Lipinski definition) is 1. The summed E-state index contributed by atoms with van der Waals surface area (Å²) in [6, 6.07) is 10.8.